The maximum Gasteiger partial charge on any atom is 0.244 e. The molecule has 1 fully saturated rings. The largest absolute Gasteiger partial charge is 0.396 e. The number of piperidine rings is 1. The molecule has 1 aliphatic rings. The molecule has 3 N–H and O–H groups in total. The number of anilines is 1. The third-order valence-corrected chi connectivity index (χ3v) is 3.93. The molecule has 20 heavy (non-hydrogen) atoms. The van der Waals surface area contributed by atoms with Crippen molar-refractivity contribution in [3.63, 3.8) is 0 Å². The van der Waals surface area contributed by atoms with Crippen molar-refractivity contribution in [3.8, 4) is 0 Å². The monoisotopic (exact) mass is 276 g/mol. The van der Waals surface area contributed by atoms with E-state index in [1.807, 2.05) is 31.2 Å². The molecule has 1 amide bonds. The molecular weight excluding hydrogens is 252 g/mol. The van der Waals surface area contributed by atoms with Crippen molar-refractivity contribution >= 4 is 11.6 Å². The van der Waals surface area contributed by atoms with E-state index in [1.54, 1.807) is 0 Å². The Morgan fingerprint density at radius 2 is 2.30 bits per heavy atom. The molecule has 1 heterocycles. The van der Waals surface area contributed by atoms with E-state index in [2.05, 4.69) is 10.6 Å². The van der Waals surface area contributed by atoms with Gasteiger partial charge in [0.05, 0.1) is 5.54 Å². The fraction of sp³-hybridized carbons (Fsp3) is 0.562. The van der Waals surface area contributed by atoms with Crippen molar-refractivity contribution in [1.29, 1.82) is 0 Å². The van der Waals surface area contributed by atoms with Crippen LogP contribution >= 0.6 is 0 Å². The van der Waals surface area contributed by atoms with Gasteiger partial charge in [0.25, 0.3) is 0 Å². The van der Waals surface area contributed by atoms with E-state index in [1.165, 1.54) is 0 Å². The summed E-state index contributed by atoms with van der Waals surface area (Å²) >= 11 is 0. The molecule has 1 atom stereocenters. The molecule has 0 aromatic heterocycles. The Kier molecular flexibility index (Phi) is 5.15. The minimum absolute atomic E-state index is 0.0384. The van der Waals surface area contributed by atoms with Crippen LogP contribution in [0.25, 0.3) is 0 Å². The molecule has 1 saturated heterocycles. The number of hydrogen-bond acceptors (Lipinski definition) is 3. The van der Waals surface area contributed by atoms with Crippen molar-refractivity contribution < 1.29 is 9.90 Å². The molecule has 1 unspecified atom stereocenters. The summed E-state index contributed by atoms with van der Waals surface area (Å²) in [6.07, 6.45) is 4.68. The Balaban J connectivity index is 2.00. The number of benzene rings is 1. The minimum atomic E-state index is -0.459. The maximum absolute atomic E-state index is 12.4. The van der Waals surface area contributed by atoms with Crippen LogP contribution < -0.4 is 10.6 Å². The Hall–Kier alpha value is -1.39. The number of nitrogens with one attached hydrogen (secondary N) is 2. The molecule has 0 bridgehead atoms. The van der Waals surface area contributed by atoms with Gasteiger partial charge in [0.15, 0.2) is 0 Å². The van der Waals surface area contributed by atoms with E-state index in [4.69, 9.17) is 5.11 Å². The lowest BCUT2D eigenvalue weighted by Gasteiger charge is -2.33. The molecule has 0 spiro atoms. The standard InChI is InChI=1S/C16H24N2O2/c1-16(9-2-3-10-17-16)15(20)18-14-8-4-6-13(12-14)7-5-11-19/h4,6,8,12,17,19H,2-3,5,7,9-11H2,1H3,(H,18,20). The molecule has 4 nitrogen and oxygen atoms in total. The molecule has 0 aliphatic carbocycles. The average molecular weight is 276 g/mol. The van der Waals surface area contributed by atoms with E-state index < -0.39 is 5.54 Å². The Morgan fingerprint density at radius 1 is 1.45 bits per heavy atom. The average Bonchev–Trinajstić information content (AvgIpc) is 2.46. The topological polar surface area (TPSA) is 61.4 Å². The smallest absolute Gasteiger partial charge is 0.244 e. The predicted molar refractivity (Wildman–Crippen MR) is 80.7 cm³/mol. The fourth-order valence-electron chi connectivity index (χ4n) is 2.61. The van der Waals surface area contributed by atoms with Crippen LogP contribution in [-0.2, 0) is 11.2 Å². The quantitative estimate of drug-likeness (QED) is 0.771. The summed E-state index contributed by atoms with van der Waals surface area (Å²) < 4.78 is 0. The second kappa shape index (κ2) is 6.86. The van der Waals surface area contributed by atoms with Gasteiger partial charge in [-0.05, 0) is 63.3 Å². The number of carbonyl (C=O) groups excluding carboxylic acids is 1. The Bertz CT molecular complexity index is 454. The first kappa shape index (κ1) is 15.0. The number of aryl methyl sites for hydroxylation is 1. The van der Waals surface area contributed by atoms with Crippen LogP contribution in [0.5, 0.6) is 0 Å². The van der Waals surface area contributed by atoms with Gasteiger partial charge >= 0.3 is 0 Å². The third-order valence-electron chi connectivity index (χ3n) is 3.93. The van der Waals surface area contributed by atoms with Crippen LogP contribution in [0.1, 0.15) is 38.2 Å². The summed E-state index contributed by atoms with van der Waals surface area (Å²) in [7, 11) is 0. The second-order valence-electron chi connectivity index (χ2n) is 5.70. The van der Waals surface area contributed by atoms with Crippen LogP contribution in [0.2, 0.25) is 0 Å². The zero-order valence-corrected chi connectivity index (χ0v) is 12.1. The van der Waals surface area contributed by atoms with Gasteiger partial charge in [-0.1, -0.05) is 12.1 Å². The summed E-state index contributed by atoms with van der Waals surface area (Å²) in [5.41, 5.74) is 1.51. The van der Waals surface area contributed by atoms with E-state index in [-0.39, 0.29) is 12.5 Å². The first-order valence-corrected chi connectivity index (χ1v) is 7.40. The van der Waals surface area contributed by atoms with Gasteiger partial charge in [0, 0.05) is 12.3 Å². The number of hydrogen-bond donors (Lipinski definition) is 3. The van der Waals surface area contributed by atoms with Gasteiger partial charge < -0.3 is 15.7 Å². The normalized spacial score (nSPS) is 22.5. The first-order chi connectivity index (χ1) is 9.64. The first-order valence-electron chi connectivity index (χ1n) is 7.40. The van der Waals surface area contributed by atoms with Crippen molar-refractivity contribution in [2.45, 2.75) is 44.6 Å². The second-order valence-corrected chi connectivity index (χ2v) is 5.70. The molecule has 0 radical (unpaired) electrons. The molecule has 1 aromatic rings. The zero-order chi connectivity index (χ0) is 14.4. The van der Waals surface area contributed by atoms with Crippen molar-refractivity contribution in [3.05, 3.63) is 29.8 Å². The molecule has 4 heteroatoms. The SMILES string of the molecule is CC1(C(=O)Nc2cccc(CCCO)c2)CCCCN1. The summed E-state index contributed by atoms with van der Waals surface area (Å²) in [5, 5.41) is 15.2. The van der Waals surface area contributed by atoms with E-state index in [0.29, 0.717) is 0 Å². The summed E-state index contributed by atoms with van der Waals surface area (Å²) in [4.78, 5) is 12.4. The number of amides is 1. The number of carbonyl (C=O) groups is 1. The fourth-order valence-corrected chi connectivity index (χ4v) is 2.61. The van der Waals surface area contributed by atoms with Gasteiger partial charge in [-0.3, -0.25) is 4.79 Å². The summed E-state index contributed by atoms with van der Waals surface area (Å²) in [6.45, 7) is 3.07. The Labute approximate surface area is 120 Å². The van der Waals surface area contributed by atoms with Gasteiger partial charge in [-0.25, -0.2) is 0 Å². The van der Waals surface area contributed by atoms with Crippen LogP contribution in [0, 0.1) is 0 Å². The van der Waals surface area contributed by atoms with E-state index in [9.17, 15) is 4.79 Å². The minimum Gasteiger partial charge on any atom is -0.396 e. The molecular formula is C16H24N2O2. The highest BCUT2D eigenvalue weighted by molar-refractivity contribution is 5.97. The summed E-state index contributed by atoms with van der Waals surface area (Å²) in [5.74, 6) is 0.0384. The van der Waals surface area contributed by atoms with Crippen molar-refractivity contribution in [2.24, 2.45) is 0 Å². The van der Waals surface area contributed by atoms with Gasteiger partial charge in [0.1, 0.15) is 0 Å². The van der Waals surface area contributed by atoms with Gasteiger partial charge in [-0.2, -0.15) is 0 Å². The highest BCUT2D eigenvalue weighted by Gasteiger charge is 2.34. The van der Waals surface area contributed by atoms with Gasteiger partial charge in [-0.15, -0.1) is 0 Å². The highest BCUT2D eigenvalue weighted by atomic mass is 16.2. The number of rotatable bonds is 5. The molecule has 2 rings (SSSR count). The van der Waals surface area contributed by atoms with Crippen LogP contribution in [0.4, 0.5) is 5.69 Å². The number of aliphatic hydroxyl groups excluding tert-OH is 1. The maximum atomic E-state index is 12.4. The van der Waals surface area contributed by atoms with Crippen LogP contribution in [0.3, 0.4) is 0 Å². The Morgan fingerprint density at radius 3 is 3.00 bits per heavy atom. The predicted octanol–water partition coefficient (Wildman–Crippen LogP) is 2.08. The van der Waals surface area contributed by atoms with E-state index >= 15 is 0 Å². The molecule has 1 aliphatic heterocycles. The lowest BCUT2D eigenvalue weighted by Crippen LogP contribution is -2.54. The zero-order valence-electron chi connectivity index (χ0n) is 12.1. The van der Waals surface area contributed by atoms with Gasteiger partial charge in [0.2, 0.25) is 5.91 Å². The lowest BCUT2D eigenvalue weighted by molar-refractivity contribution is -0.122. The number of aliphatic hydroxyl groups is 1. The molecule has 1 aromatic carbocycles. The molecule has 0 saturated carbocycles. The lowest BCUT2D eigenvalue weighted by atomic mass is 9.90. The molecule has 110 valence electrons. The van der Waals surface area contributed by atoms with Crippen molar-refractivity contribution in [2.75, 3.05) is 18.5 Å². The van der Waals surface area contributed by atoms with Crippen LogP contribution in [-0.4, -0.2) is 29.7 Å². The summed E-state index contributed by atoms with van der Waals surface area (Å²) in [6, 6.07) is 7.86. The third kappa shape index (κ3) is 3.81. The highest BCUT2D eigenvalue weighted by Crippen LogP contribution is 2.21. The van der Waals surface area contributed by atoms with E-state index in [0.717, 1.165) is 49.9 Å². The van der Waals surface area contributed by atoms with Crippen molar-refractivity contribution in [1.82, 2.24) is 5.32 Å². The van der Waals surface area contributed by atoms with Crippen LogP contribution in [0.15, 0.2) is 24.3 Å².